The largest absolute Gasteiger partial charge is 0.396 e. The van der Waals surface area contributed by atoms with Gasteiger partial charge in [0.15, 0.2) is 0 Å². The Morgan fingerprint density at radius 2 is 1.10 bits per heavy atom. The van der Waals surface area contributed by atoms with Gasteiger partial charge in [0.1, 0.15) is 0 Å². The van der Waals surface area contributed by atoms with Gasteiger partial charge in [0.2, 0.25) is 0 Å². The number of aliphatic hydroxyl groups is 2. The third kappa shape index (κ3) is 23.9. The first kappa shape index (κ1) is 38.9. The molecular weight excluding hydrogens is 506 g/mol. The Morgan fingerprint density at radius 1 is 0.634 bits per heavy atom. The summed E-state index contributed by atoms with van der Waals surface area (Å²) in [5.41, 5.74) is 0.885. The van der Waals surface area contributed by atoms with Crippen molar-refractivity contribution in [2.45, 2.75) is 181 Å². The summed E-state index contributed by atoms with van der Waals surface area (Å²) in [6.07, 6.45) is 35.1. The number of aliphatic hydroxyl groups excluding tert-OH is 2. The molecule has 0 spiro atoms. The van der Waals surface area contributed by atoms with Crippen LogP contribution in [0.2, 0.25) is 0 Å². The molecular formula is C37H74NO3. The molecule has 4 heteroatoms. The van der Waals surface area contributed by atoms with Crippen LogP contribution < -0.4 is 5.32 Å². The molecule has 3 N–H and O–H groups in total. The summed E-state index contributed by atoms with van der Waals surface area (Å²) >= 11 is 0. The lowest BCUT2D eigenvalue weighted by Crippen LogP contribution is -2.40. The van der Waals surface area contributed by atoms with Crippen molar-refractivity contribution in [1.82, 2.24) is 5.32 Å². The zero-order chi connectivity index (χ0) is 29.9. The first-order valence-corrected chi connectivity index (χ1v) is 18.2. The third-order valence-corrected chi connectivity index (χ3v) is 9.32. The van der Waals surface area contributed by atoms with E-state index in [1.807, 2.05) is 0 Å². The number of nitrogens with one attached hydrogen (secondary N) is 1. The molecule has 245 valence electrons. The summed E-state index contributed by atoms with van der Waals surface area (Å²) in [6.45, 7) is 10.9. The van der Waals surface area contributed by atoms with Gasteiger partial charge in [-0.25, -0.2) is 0 Å². The maximum atomic E-state index is 8.84. The highest BCUT2D eigenvalue weighted by Gasteiger charge is 2.40. The normalized spacial score (nSPS) is 20.6. The summed E-state index contributed by atoms with van der Waals surface area (Å²) < 4.78 is 5.92. The maximum absolute atomic E-state index is 8.84. The fourth-order valence-corrected chi connectivity index (χ4v) is 7.55. The third-order valence-electron chi connectivity index (χ3n) is 9.32. The predicted molar refractivity (Wildman–Crippen MR) is 178 cm³/mol. The highest BCUT2D eigenvalue weighted by atomic mass is 16.5. The van der Waals surface area contributed by atoms with E-state index in [-0.39, 0.29) is 0 Å². The molecule has 0 aromatic rings. The fraction of sp³-hybridized carbons (Fsp3) is 0.973. The molecule has 1 saturated carbocycles. The van der Waals surface area contributed by atoms with E-state index in [1.54, 1.807) is 0 Å². The lowest BCUT2D eigenvalue weighted by molar-refractivity contribution is 0.0443. The molecule has 0 amide bonds. The molecule has 1 radical (unpaired) electrons. The topological polar surface area (TPSA) is 61.7 Å². The lowest BCUT2D eigenvalue weighted by atomic mass is 9.59. The Labute approximate surface area is 257 Å². The SMILES string of the molecule is CC1(C)CC(CNCOCCCCCCCCCCCCO)CC(C)(C[CH]CCCCCCCCCCCCO)C1. The molecule has 4 nitrogen and oxygen atoms in total. The minimum atomic E-state index is 0.352. The van der Waals surface area contributed by atoms with Gasteiger partial charge in [-0.05, 0) is 68.1 Å². The van der Waals surface area contributed by atoms with E-state index >= 15 is 0 Å². The van der Waals surface area contributed by atoms with E-state index in [1.165, 1.54) is 148 Å². The fourth-order valence-electron chi connectivity index (χ4n) is 7.55. The quantitative estimate of drug-likeness (QED) is 0.0584. The summed E-state index contributed by atoms with van der Waals surface area (Å²) in [7, 11) is 0. The van der Waals surface area contributed by atoms with Gasteiger partial charge in [-0.2, -0.15) is 0 Å². The van der Waals surface area contributed by atoms with Crippen LogP contribution in [-0.2, 0) is 4.74 Å². The average molecular weight is 581 g/mol. The highest BCUT2D eigenvalue weighted by Crippen LogP contribution is 2.50. The van der Waals surface area contributed by atoms with Gasteiger partial charge in [0.05, 0.1) is 6.73 Å². The molecule has 1 aliphatic carbocycles. The Kier molecular flexibility index (Phi) is 24.9. The number of hydrogen-bond donors (Lipinski definition) is 3. The molecule has 2 atom stereocenters. The van der Waals surface area contributed by atoms with Crippen LogP contribution in [-0.4, -0.2) is 43.3 Å². The van der Waals surface area contributed by atoms with Crippen LogP contribution in [0.3, 0.4) is 0 Å². The van der Waals surface area contributed by atoms with Gasteiger partial charge in [-0.1, -0.05) is 136 Å². The van der Waals surface area contributed by atoms with Crippen LogP contribution in [0.1, 0.15) is 181 Å². The van der Waals surface area contributed by atoms with Crippen molar-refractivity contribution in [2.75, 3.05) is 33.1 Å². The van der Waals surface area contributed by atoms with Gasteiger partial charge in [-0.15, -0.1) is 0 Å². The van der Waals surface area contributed by atoms with Gasteiger partial charge in [0, 0.05) is 26.4 Å². The first-order valence-electron chi connectivity index (χ1n) is 18.2. The lowest BCUT2D eigenvalue weighted by Gasteiger charge is -2.47. The second kappa shape index (κ2) is 26.3. The molecule has 1 rings (SSSR count). The van der Waals surface area contributed by atoms with Crippen LogP contribution in [0.15, 0.2) is 0 Å². The van der Waals surface area contributed by atoms with Crippen LogP contribution in [0.5, 0.6) is 0 Å². The second-order valence-electron chi connectivity index (χ2n) is 14.7. The monoisotopic (exact) mass is 581 g/mol. The second-order valence-corrected chi connectivity index (χ2v) is 14.7. The highest BCUT2D eigenvalue weighted by molar-refractivity contribution is 4.94. The number of ether oxygens (including phenoxy) is 1. The first-order chi connectivity index (χ1) is 19.9. The zero-order valence-electron chi connectivity index (χ0n) is 28.2. The minimum absolute atomic E-state index is 0.352. The van der Waals surface area contributed by atoms with E-state index in [0.29, 0.717) is 30.8 Å². The van der Waals surface area contributed by atoms with Gasteiger partial charge < -0.3 is 14.9 Å². The Balaban J connectivity index is 2.01. The van der Waals surface area contributed by atoms with Gasteiger partial charge >= 0.3 is 0 Å². The van der Waals surface area contributed by atoms with Crippen LogP contribution in [0.4, 0.5) is 0 Å². The van der Waals surface area contributed by atoms with Crippen molar-refractivity contribution in [1.29, 1.82) is 0 Å². The number of hydrogen-bond acceptors (Lipinski definition) is 4. The maximum Gasteiger partial charge on any atom is 0.0965 e. The molecule has 0 heterocycles. The van der Waals surface area contributed by atoms with E-state index in [2.05, 4.69) is 32.5 Å². The van der Waals surface area contributed by atoms with E-state index in [0.717, 1.165) is 31.9 Å². The van der Waals surface area contributed by atoms with Crippen LogP contribution in [0, 0.1) is 23.2 Å². The molecule has 1 aliphatic rings. The minimum Gasteiger partial charge on any atom is -0.396 e. The predicted octanol–water partition coefficient (Wildman–Crippen LogP) is 10.2. The molecule has 0 aliphatic heterocycles. The van der Waals surface area contributed by atoms with Gasteiger partial charge in [0.25, 0.3) is 0 Å². The molecule has 0 bridgehead atoms. The number of unbranched alkanes of at least 4 members (excludes halogenated alkanes) is 20. The average Bonchev–Trinajstić information content (AvgIpc) is 2.92. The van der Waals surface area contributed by atoms with Crippen molar-refractivity contribution in [3.8, 4) is 0 Å². The van der Waals surface area contributed by atoms with E-state index in [4.69, 9.17) is 14.9 Å². The Bertz CT molecular complexity index is 554. The van der Waals surface area contributed by atoms with Gasteiger partial charge in [-0.3, -0.25) is 5.32 Å². The molecule has 41 heavy (non-hydrogen) atoms. The molecule has 0 saturated heterocycles. The van der Waals surface area contributed by atoms with Crippen molar-refractivity contribution in [3.63, 3.8) is 0 Å². The van der Waals surface area contributed by atoms with E-state index < -0.39 is 0 Å². The molecule has 0 aromatic carbocycles. The van der Waals surface area contributed by atoms with Crippen LogP contribution >= 0.6 is 0 Å². The summed E-state index contributed by atoms with van der Waals surface area (Å²) in [5, 5.41) is 21.3. The van der Waals surface area contributed by atoms with E-state index in [9.17, 15) is 0 Å². The molecule has 0 aromatic heterocycles. The standard InChI is InChI=1S/C37H74NO3/c1-36(2)30-35(32-38-34-41-29-25-21-17-13-9-8-12-16-20-24-28-40)31-37(3,33-36)26-22-18-14-10-6-4-5-7-11-15-19-23-27-39/h22,35,38-40H,4-21,23-34H2,1-3H3. The Morgan fingerprint density at radius 3 is 1.61 bits per heavy atom. The zero-order valence-corrected chi connectivity index (χ0v) is 28.2. The van der Waals surface area contributed by atoms with Crippen molar-refractivity contribution < 1.29 is 14.9 Å². The Hall–Kier alpha value is -0.160. The summed E-state index contributed by atoms with van der Waals surface area (Å²) in [5.74, 6) is 0.757. The molecule has 2 unspecified atom stereocenters. The van der Waals surface area contributed by atoms with Crippen molar-refractivity contribution in [2.24, 2.45) is 16.7 Å². The summed E-state index contributed by atoms with van der Waals surface area (Å²) in [4.78, 5) is 0. The van der Waals surface area contributed by atoms with Crippen molar-refractivity contribution in [3.05, 3.63) is 6.42 Å². The molecule has 1 fully saturated rings. The smallest absolute Gasteiger partial charge is 0.0965 e. The summed E-state index contributed by atoms with van der Waals surface area (Å²) in [6, 6.07) is 0. The van der Waals surface area contributed by atoms with Crippen LogP contribution in [0.25, 0.3) is 0 Å². The van der Waals surface area contributed by atoms with Crippen molar-refractivity contribution >= 4 is 0 Å². The number of rotatable bonds is 30.